The number of thioether (sulfide) groups is 1. The van der Waals surface area contributed by atoms with Gasteiger partial charge in [0.05, 0.1) is 26.0 Å². The molecule has 3 amide bonds. The highest BCUT2D eigenvalue weighted by Gasteiger charge is 2.21. The van der Waals surface area contributed by atoms with E-state index in [0.29, 0.717) is 22.8 Å². The van der Waals surface area contributed by atoms with Gasteiger partial charge in [0.1, 0.15) is 5.70 Å². The van der Waals surface area contributed by atoms with E-state index >= 15 is 0 Å². The number of amides is 3. The first kappa shape index (κ1) is 31.1. The van der Waals surface area contributed by atoms with Crippen LogP contribution in [-0.4, -0.2) is 32.9 Å². The third kappa shape index (κ3) is 7.99. The molecule has 1 unspecified atom stereocenters. The number of fused-ring (bicyclic) bond motifs is 1. The van der Waals surface area contributed by atoms with E-state index < -0.39 is 22.0 Å². The number of carbonyl (C=O) groups is 3. The Hall–Kier alpha value is -5.33. The minimum absolute atomic E-state index is 0.148. The van der Waals surface area contributed by atoms with Gasteiger partial charge in [-0.2, -0.15) is 0 Å². The highest BCUT2D eigenvalue weighted by atomic mass is 32.2. The number of hydrogen-bond acceptors (Lipinski definition) is 8. The Morgan fingerprint density at radius 2 is 1.67 bits per heavy atom. The molecule has 45 heavy (non-hydrogen) atoms. The van der Waals surface area contributed by atoms with Crippen molar-refractivity contribution < 1.29 is 19.3 Å². The van der Waals surface area contributed by atoms with Crippen molar-refractivity contribution in [1.82, 2.24) is 10.3 Å². The molecule has 1 aromatic heterocycles. The summed E-state index contributed by atoms with van der Waals surface area (Å²) in [6, 6.07) is 28.9. The van der Waals surface area contributed by atoms with Crippen LogP contribution in [0.2, 0.25) is 0 Å². The molecular weight excluding hydrogens is 611 g/mol. The molecule has 5 aromatic rings. The summed E-state index contributed by atoms with van der Waals surface area (Å²) in [6.07, 6.45) is 1.82. The summed E-state index contributed by atoms with van der Waals surface area (Å²) in [7, 11) is 0. The Balaban J connectivity index is 1.33. The van der Waals surface area contributed by atoms with Crippen molar-refractivity contribution in [3.8, 4) is 0 Å². The average Bonchev–Trinajstić information content (AvgIpc) is 3.46. The van der Waals surface area contributed by atoms with Gasteiger partial charge in [-0.05, 0) is 61.0 Å². The van der Waals surface area contributed by atoms with E-state index in [4.69, 9.17) is 0 Å². The molecule has 10 nitrogen and oxygen atoms in total. The predicted octanol–water partition coefficient (Wildman–Crippen LogP) is 7.12. The maximum absolute atomic E-state index is 13.5. The number of nitrogens with zero attached hydrogens (tertiary/aromatic N) is 2. The zero-order chi connectivity index (χ0) is 31.8. The van der Waals surface area contributed by atoms with Crippen LogP contribution in [0.5, 0.6) is 0 Å². The monoisotopic (exact) mass is 637 g/mol. The maximum Gasteiger partial charge on any atom is 0.276 e. The highest BCUT2D eigenvalue weighted by Crippen LogP contribution is 2.31. The third-order valence-electron chi connectivity index (χ3n) is 6.52. The molecular formula is C33H27N5O5S2. The summed E-state index contributed by atoms with van der Waals surface area (Å²) < 4.78 is 0.979. The summed E-state index contributed by atoms with van der Waals surface area (Å²) >= 11 is 2.75. The fourth-order valence-electron chi connectivity index (χ4n) is 4.32. The second-order valence-electron chi connectivity index (χ2n) is 9.67. The number of para-hydroxylation sites is 2. The maximum atomic E-state index is 13.5. The standard InChI is InChI=1S/C33H27N5O5S2/c1-2-28(32(41)37-33-36-25-16-7-9-18-29(25)45-33)44-24-15-10-14-23(20-24)34-31(40)26(35-30(39)21-11-4-3-5-12-21)19-22-13-6-8-17-27(22)38(42)43/h3-20,28H,2H2,1H3,(H,34,40)(H,35,39)(H,36,37,41)/b26-19+. The van der Waals surface area contributed by atoms with Gasteiger partial charge in [0.2, 0.25) is 5.91 Å². The second kappa shape index (κ2) is 14.4. The lowest BCUT2D eigenvalue weighted by atomic mass is 10.1. The molecule has 0 aliphatic heterocycles. The number of anilines is 2. The lowest BCUT2D eigenvalue weighted by Gasteiger charge is -2.15. The zero-order valence-corrected chi connectivity index (χ0v) is 25.6. The molecule has 0 bridgehead atoms. The SMILES string of the molecule is CCC(Sc1cccc(NC(=O)/C(=C\c2ccccc2[N+](=O)[O-])NC(=O)c2ccccc2)c1)C(=O)Nc1nc2ccccc2s1. The largest absolute Gasteiger partial charge is 0.321 e. The molecule has 0 spiro atoms. The molecule has 12 heteroatoms. The summed E-state index contributed by atoms with van der Waals surface area (Å²) in [5, 5.41) is 20.0. The van der Waals surface area contributed by atoms with Gasteiger partial charge in [-0.25, -0.2) is 4.98 Å². The quantitative estimate of drug-likeness (QED) is 0.0605. The molecule has 1 heterocycles. The van der Waals surface area contributed by atoms with E-state index in [1.54, 1.807) is 54.6 Å². The lowest BCUT2D eigenvalue weighted by Crippen LogP contribution is -2.30. The molecule has 0 saturated carbocycles. The number of benzene rings is 4. The molecule has 0 aliphatic carbocycles. The van der Waals surface area contributed by atoms with Crippen molar-refractivity contribution >= 4 is 73.6 Å². The van der Waals surface area contributed by atoms with Crippen LogP contribution < -0.4 is 16.0 Å². The lowest BCUT2D eigenvalue weighted by molar-refractivity contribution is -0.385. The number of thiazole rings is 1. The predicted molar refractivity (Wildman–Crippen MR) is 178 cm³/mol. The number of nitro groups is 1. The van der Waals surface area contributed by atoms with E-state index in [1.165, 1.54) is 47.4 Å². The first-order valence-electron chi connectivity index (χ1n) is 13.9. The summed E-state index contributed by atoms with van der Waals surface area (Å²) in [5.74, 6) is -1.42. The van der Waals surface area contributed by atoms with Gasteiger partial charge in [0.15, 0.2) is 5.13 Å². The minimum Gasteiger partial charge on any atom is -0.321 e. The van der Waals surface area contributed by atoms with Gasteiger partial charge in [0.25, 0.3) is 17.5 Å². The molecule has 0 radical (unpaired) electrons. The summed E-state index contributed by atoms with van der Waals surface area (Å²) in [5.41, 5.74) is 1.29. The van der Waals surface area contributed by atoms with E-state index in [9.17, 15) is 24.5 Å². The van der Waals surface area contributed by atoms with Crippen molar-refractivity contribution in [2.45, 2.75) is 23.5 Å². The Labute approximate surface area is 266 Å². The fraction of sp³-hybridized carbons (Fsp3) is 0.0909. The molecule has 0 aliphatic rings. The molecule has 0 saturated heterocycles. The van der Waals surface area contributed by atoms with Crippen molar-refractivity contribution in [1.29, 1.82) is 0 Å². The Morgan fingerprint density at radius 3 is 2.42 bits per heavy atom. The molecule has 0 fully saturated rings. The number of rotatable bonds is 11. The van der Waals surface area contributed by atoms with Crippen LogP contribution in [0.3, 0.4) is 0 Å². The average molecular weight is 638 g/mol. The smallest absolute Gasteiger partial charge is 0.276 e. The Morgan fingerprint density at radius 1 is 0.933 bits per heavy atom. The van der Waals surface area contributed by atoms with Crippen LogP contribution in [-0.2, 0) is 9.59 Å². The summed E-state index contributed by atoms with van der Waals surface area (Å²) in [4.78, 5) is 55.8. The van der Waals surface area contributed by atoms with Crippen molar-refractivity contribution in [3.05, 3.63) is 130 Å². The van der Waals surface area contributed by atoms with Crippen LogP contribution in [0.25, 0.3) is 16.3 Å². The van der Waals surface area contributed by atoms with Crippen LogP contribution in [0, 0.1) is 10.1 Å². The molecule has 1 atom stereocenters. The zero-order valence-electron chi connectivity index (χ0n) is 23.9. The normalized spacial score (nSPS) is 11.9. The van der Waals surface area contributed by atoms with Crippen molar-refractivity contribution in [2.75, 3.05) is 10.6 Å². The van der Waals surface area contributed by atoms with Crippen molar-refractivity contribution in [3.63, 3.8) is 0 Å². The molecule has 3 N–H and O–H groups in total. The molecule has 4 aromatic carbocycles. The molecule has 5 rings (SSSR count). The topological polar surface area (TPSA) is 143 Å². The van der Waals surface area contributed by atoms with Crippen molar-refractivity contribution in [2.24, 2.45) is 0 Å². The van der Waals surface area contributed by atoms with Crippen LogP contribution in [0.4, 0.5) is 16.5 Å². The highest BCUT2D eigenvalue weighted by molar-refractivity contribution is 8.00. The minimum atomic E-state index is -0.680. The number of nitro benzene ring substituents is 1. The van der Waals surface area contributed by atoms with E-state index in [2.05, 4.69) is 20.9 Å². The third-order valence-corrected chi connectivity index (χ3v) is 8.83. The van der Waals surface area contributed by atoms with Crippen LogP contribution >= 0.6 is 23.1 Å². The summed E-state index contributed by atoms with van der Waals surface area (Å²) in [6.45, 7) is 1.91. The van der Waals surface area contributed by atoms with Gasteiger partial charge >= 0.3 is 0 Å². The second-order valence-corrected chi connectivity index (χ2v) is 12.0. The van der Waals surface area contributed by atoms with Gasteiger partial charge in [-0.3, -0.25) is 24.5 Å². The molecule has 226 valence electrons. The van der Waals surface area contributed by atoms with Gasteiger partial charge in [-0.1, -0.05) is 66.8 Å². The van der Waals surface area contributed by atoms with Crippen LogP contribution in [0.1, 0.15) is 29.3 Å². The Bertz CT molecular complexity index is 1880. The van der Waals surface area contributed by atoms with E-state index in [0.717, 1.165) is 15.1 Å². The fourth-order valence-corrected chi connectivity index (χ4v) is 6.20. The number of aromatic nitrogens is 1. The first-order valence-corrected chi connectivity index (χ1v) is 15.6. The Kier molecular flexibility index (Phi) is 9.97. The first-order chi connectivity index (χ1) is 21.8. The number of nitrogens with one attached hydrogen (secondary N) is 3. The van der Waals surface area contributed by atoms with E-state index in [-0.39, 0.29) is 22.9 Å². The van der Waals surface area contributed by atoms with Gasteiger partial charge < -0.3 is 16.0 Å². The van der Waals surface area contributed by atoms with Gasteiger partial charge in [0, 0.05) is 22.2 Å². The number of hydrogen-bond donors (Lipinski definition) is 3. The van der Waals surface area contributed by atoms with Crippen LogP contribution in [0.15, 0.2) is 114 Å². The van der Waals surface area contributed by atoms with Gasteiger partial charge in [-0.15, -0.1) is 11.8 Å². The number of carbonyl (C=O) groups excluding carboxylic acids is 3. The van der Waals surface area contributed by atoms with E-state index in [1.807, 2.05) is 37.3 Å².